The first-order valence-corrected chi connectivity index (χ1v) is 18.6. The van der Waals surface area contributed by atoms with Gasteiger partial charge in [-0.3, -0.25) is 13.9 Å². The normalized spacial score (nSPS) is 36.2. The first-order valence-electron chi connectivity index (χ1n) is 16.8. The van der Waals surface area contributed by atoms with Gasteiger partial charge in [0.1, 0.15) is 6.10 Å². The third-order valence-electron chi connectivity index (χ3n) is 11.8. The molecule has 3 saturated carbocycles. The highest BCUT2D eigenvalue weighted by Gasteiger charge is 2.59. The predicted octanol–water partition coefficient (Wildman–Crippen LogP) is 8.09. The van der Waals surface area contributed by atoms with Crippen LogP contribution in [0.4, 0.5) is 0 Å². The molecule has 1 N–H and O–H groups in total. The van der Waals surface area contributed by atoms with Gasteiger partial charge in [-0.15, -0.1) is 0 Å². The average Bonchev–Trinajstić information content (AvgIpc) is 3.28. The van der Waals surface area contributed by atoms with Crippen LogP contribution >= 0.6 is 7.60 Å². The van der Waals surface area contributed by atoms with Crippen molar-refractivity contribution in [2.75, 3.05) is 19.4 Å². The summed E-state index contributed by atoms with van der Waals surface area (Å²) in [4.78, 5) is 34.0. The van der Waals surface area contributed by atoms with Crippen molar-refractivity contribution in [2.45, 2.75) is 125 Å². The van der Waals surface area contributed by atoms with Crippen molar-refractivity contribution in [3.63, 3.8) is 0 Å². The molecule has 1 unspecified atom stereocenters. The smallest absolute Gasteiger partial charge is 0.332 e. The lowest BCUT2D eigenvalue weighted by Gasteiger charge is -2.58. The maximum Gasteiger partial charge on any atom is 0.332 e. The van der Waals surface area contributed by atoms with Gasteiger partial charge < -0.3 is 14.4 Å². The van der Waals surface area contributed by atoms with E-state index in [1.54, 1.807) is 6.92 Å². The standard InChI is InChI=1S/C34H57O7P/c1-7-39-32(36)22-40-42(37,38)20-17-31(35)41-26-15-18-33(5)25(21-26)11-12-27-29-14-13-28(24(4)10-8-9-23(2)3)34(29,6)19-16-30(27)33/h11,23-24,26-30H,7-10,12-22H2,1-6H3,(H,37,38)/t24-,26+,27+,28-,29+,30+,33+,34-/m1/s1. The first kappa shape index (κ1) is 33.7. The summed E-state index contributed by atoms with van der Waals surface area (Å²) in [6, 6.07) is 0. The molecule has 0 radical (unpaired) electrons. The number of allylic oxidation sites excluding steroid dienone is 1. The molecule has 0 aromatic heterocycles. The minimum Gasteiger partial charge on any atom is -0.464 e. The van der Waals surface area contributed by atoms with Gasteiger partial charge in [-0.2, -0.15) is 0 Å². The molecule has 0 aliphatic heterocycles. The van der Waals surface area contributed by atoms with Crippen LogP contribution in [0.5, 0.6) is 0 Å². The minimum atomic E-state index is -4.08. The molecule has 0 saturated heterocycles. The molecule has 0 aromatic carbocycles. The van der Waals surface area contributed by atoms with Gasteiger partial charge in [0.2, 0.25) is 0 Å². The summed E-state index contributed by atoms with van der Waals surface area (Å²) < 4.78 is 27.5. The quantitative estimate of drug-likeness (QED) is 0.128. The van der Waals surface area contributed by atoms with E-state index in [-0.39, 0.29) is 30.7 Å². The maximum absolute atomic E-state index is 12.6. The SMILES string of the molecule is CCOC(=O)COP(=O)(O)CCC(=O)O[C@H]1CC[C@@]2(C)C(=CC[C@H]3[C@@H]4CC[C@H]([C@H](C)CCCC(C)C)[C@@]4(C)CC[C@@H]32)C1. The molecule has 9 atom stereocenters. The third kappa shape index (κ3) is 7.54. The van der Waals surface area contributed by atoms with Crippen LogP contribution in [0.2, 0.25) is 0 Å². The Labute approximate surface area is 254 Å². The predicted molar refractivity (Wildman–Crippen MR) is 165 cm³/mol. The van der Waals surface area contributed by atoms with Gasteiger partial charge in [0.25, 0.3) is 0 Å². The lowest BCUT2D eigenvalue weighted by atomic mass is 9.47. The number of ether oxygens (including phenoxy) is 2. The Balaban J connectivity index is 1.31. The minimum absolute atomic E-state index is 0.168. The van der Waals surface area contributed by atoms with E-state index < -0.39 is 26.1 Å². The van der Waals surface area contributed by atoms with Gasteiger partial charge in [0.05, 0.1) is 19.2 Å². The van der Waals surface area contributed by atoms with E-state index in [0.717, 1.165) is 55.3 Å². The highest BCUT2D eigenvalue weighted by atomic mass is 31.2. The molecular formula is C34H57O7P. The zero-order valence-electron chi connectivity index (χ0n) is 27.1. The summed E-state index contributed by atoms with van der Waals surface area (Å²) in [6.07, 6.45) is 15.0. The molecule has 0 amide bonds. The molecule has 8 heteroatoms. The summed E-state index contributed by atoms with van der Waals surface area (Å²) in [7, 11) is -4.08. The number of fused-ring (bicyclic) bond motifs is 5. The second-order valence-electron chi connectivity index (χ2n) is 14.8. The van der Waals surface area contributed by atoms with Gasteiger partial charge >= 0.3 is 19.5 Å². The average molecular weight is 609 g/mol. The molecule has 0 bridgehead atoms. The highest BCUT2D eigenvalue weighted by Crippen LogP contribution is 2.67. The molecule has 4 rings (SSSR count). The van der Waals surface area contributed by atoms with Crippen molar-refractivity contribution in [3.05, 3.63) is 11.6 Å². The second kappa shape index (κ2) is 13.9. The molecule has 4 aliphatic carbocycles. The molecule has 42 heavy (non-hydrogen) atoms. The van der Waals surface area contributed by atoms with Crippen LogP contribution in [-0.2, 0) is 28.2 Å². The second-order valence-corrected chi connectivity index (χ2v) is 16.8. The van der Waals surface area contributed by atoms with Crippen molar-refractivity contribution < 1.29 is 33.0 Å². The molecule has 4 aliphatic rings. The van der Waals surface area contributed by atoms with Crippen molar-refractivity contribution in [3.8, 4) is 0 Å². The van der Waals surface area contributed by atoms with Gasteiger partial charge in [-0.1, -0.05) is 65.5 Å². The van der Waals surface area contributed by atoms with Crippen LogP contribution in [0.3, 0.4) is 0 Å². The Morgan fingerprint density at radius 3 is 2.52 bits per heavy atom. The number of hydrogen-bond donors (Lipinski definition) is 1. The number of carbonyl (C=O) groups is 2. The van der Waals surface area contributed by atoms with Gasteiger partial charge in [-0.25, -0.2) is 4.79 Å². The van der Waals surface area contributed by atoms with E-state index >= 15 is 0 Å². The lowest BCUT2D eigenvalue weighted by Crippen LogP contribution is -2.51. The molecule has 240 valence electrons. The molecule has 0 heterocycles. The van der Waals surface area contributed by atoms with E-state index in [2.05, 4.69) is 40.7 Å². The van der Waals surface area contributed by atoms with Crippen LogP contribution in [0, 0.1) is 46.3 Å². The topological polar surface area (TPSA) is 99.1 Å². The Morgan fingerprint density at radius 1 is 1.05 bits per heavy atom. The zero-order chi connectivity index (χ0) is 30.7. The van der Waals surface area contributed by atoms with E-state index in [1.165, 1.54) is 50.5 Å². The van der Waals surface area contributed by atoms with Crippen molar-refractivity contribution >= 4 is 19.5 Å². The summed E-state index contributed by atoms with van der Waals surface area (Å²) in [5.41, 5.74) is 2.10. The number of carbonyl (C=O) groups excluding carboxylic acids is 2. The molecule has 0 spiro atoms. The molecule has 3 fully saturated rings. The van der Waals surface area contributed by atoms with Gasteiger partial charge in [0.15, 0.2) is 6.61 Å². The third-order valence-corrected chi connectivity index (χ3v) is 13.2. The summed E-state index contributed by atoms with van der Waals surface area (Å²) >= 11 is 0. The van der Waals surface area contributed by atoms with Crippen molar-refractivity contribution in [2.24, 2.45) is 46.3 Å². The van der Waals surface area contributed by atoms with Crippen LogP contribution in [-0.4, -0.2) is 42.3 Å². The van der Waals surface area contributed by atoms with Crippen molar-refractivity contribution in [1.29, 1.82) is 0 Å². The number of hydrogen-bond acceptors (Lipinski definition) is 6. The van der Waals surface area contributed by atoms with E-state index in [9.17, 15) is 19.0 Å². The summed E-state index contributed by atoms with van der Waals surface area (Å²) in [5.74, 6) is 3.56. The van der Waals surface area contributed by atoms with E-state index in [0.29, 0.717) is 11.3 Å². The first-order chi connectivity index (χ1) is 19.8. The number of rotatable bonds is 13. The van der Waals surface area contributed by atoms with Gasteiger partial charge in [-0.05, 0) is 98.2 Å². The summed E-state index contributed by atoms with van der Waals surface area (Å²) in [6.45, 7) is 13.5. The van der Waals surface area contributed by atoms with Gasteiger partial charge in [0, 0.05) is 6.42 Å². The fraction of sp³-hybridized carbons (Fsp3) is 0.882. The van der Waals surface area contributed by atoms with Crippen molar-refractivity contribution in [1.82, 2.24) is 0 Å². The Bertz CT molecular complexity index is 1040. The van der Waals surface area contributed by atoms with Crippen LogP contribution in [0.1, 0.15) is 119 Å². The number of esters is 2. The zero-order valence-corrected chi connectivity index (χ0v) is 28.0. The highest BCUT2D eigenvalue weighted by molar-refractivity contribution is 7.52. The lowest BCUT2D eigenvalue weighted by molar-refractivity contribution is -0.151. The Kier molecular flexibility index (Phi) is 11.1. The van der Waals surface area contributed by atoms with Crippen LogP contribution < -0.4 is 0 Å². The van der Waals surface area contributed by atoms with E-state index in [4.69, 9.17) is 14.0 Å². The largest absolute Gasteiger partial charge is 0.464 e. The van der Waals surface area contributed by atoms with E-state index in [1.807, 2.05) is 0 Å². The summed E-state index contributed by atoms with van der Waals surface area (Å²) in [5, 5.41) is 0. The van der Waals surface area contributed by atoms with Crippen LogP contribution in [0.15, 0.2) is 11.6 Å². The fourth-order valence-corrected chi connectivity index (χ4v) is 10.6. The monoisotopic (exact) mass is 608 g/mol. The fourth-order valence-electron chi connectivity index (χ4n) is 9.65. The molecule has 0 aromatic rings. The van der Waals surface area contributed by atoms with Crippen LogP contribution in [0.25, 0.3) is 0 Å². The Hall–Kier alpha value is -1.17. The molecular weight excluding hydrogens is 551 g/mol. The molecule has 7 nitrogen and oxygen atoms in total. The maximum atomic E-state index is 12.6. The Morgan fingerprint density at radius 2 is 1.81 bits per heavy atom.